The van der Waals surface area contributed by atoms with E-state index >= 15 is 0 Å². The van der Waals surface area contributed by atoms with Gasteiger partial charge in [0.25, 0.3) is 0 Å². The molecule has 2 aromatic rings. The van der Waals surface area contributed by atoms with Crippen LogP contribution in [0.1, 0.15) is 30.7 Å². The fourth-order valence-corrected chi connectivity index (χ4v) is 5.82. The fraction of sp³-hybridized carbons (Fsp3) is 0.474. The maximum atomic E-state index is 13.3. The quantitative estimate of drug-likeness (QED) is 0.600. The van der Waals surface area contributed by atoms with E-state index in [0.717, 1.165) is 47.6 Å². The van der Waals surface area contributed by atoms with Crippen molar-refractivity contribution in [3.8, 4) is 0 Å². The van der Waals surface area contributed by atoms with Crippen LogP contribution in [0.25, 0.3) is 10.9 Å². The molecule has 2 fully saturated rings. The number of benzene rings is 1. The molecule has 8 heteroatoms. The molecule has 0 saturated heterocycles. The Morgan fingerprint density at radius 3 is 2.78 bits per heavy atom. The van der Waals surface area contributed by atoms with Crippen molar-refractivity contribution in [1.82, 2.24) is 10.2 Å². The van der Waals surface area contributed by atoms with E-state index in [2.05, 4.69) is 15.5 Å². The van der Waals surface area contributed by atoms with Gasteiger partial charge in [0.1, 0.15) is 5.71 Å². The minimum absolute atomic E-state index is 0.00856. The van der Waals surface area contributed by atoms with Crippen molar-refractivity contribution in [2.75, 3.05) is 5.32 Å². The third-order valence-corrected chi connectivity index (χ3v) is 6.76. The van der Waals surface area contributed by atoms with Crippen molar-refractivity contribution in [3.05, 3.63) is 35.7 Å². The highest BCUT2D eigenvalue weighted by Gasteiger charge is 2.56. The smallest absolute Gasteiger partial charge is 0.404 e. The predicted molar refractivity (Wildman–Crippen MR) is 96.6 cm³/mol. The number of rotatable bonds is 2. The van der Waals surface area contributed by atoms with Crippen LogP contribution in [0, 0.1) is 23.2 Å². The molecule has 5 nitrogen and oxygen atoms in total. The predicted octanol–water partition coefficient (Wildman–Crippen LogP) is 3.91. The Hall–Kier alpha value is -2.51. The van der Waals surface area contributed by atoms with E-state index in [0.29, 0.717) is 11.8 Å². The molecule has 1 aromatic carbocycles. The van der Waals surface area contributed by atoms with Crippen LogP contribution in [-0.4, -0.2) is 28.1 Å². The van der Waals surface area contributed by atoms with Gasteiger partial charge in [0, 0.05) is 22.8 Å². The molecule has 0 amide bonds. The zero-order chi connectivity index (χ0) is 18.9. The van der Waals surface area contributed by atoms with Crippen LogP contribution in [0.2, 0.25) is 0 Å². The average molecular weight is 375 g/mol. The molecule has 0 radical (unpaired) electrons. The lowest BCUT2D eigenvalue weighted by Crippen LogP contribution is -2.46. The van der Waals surface area contributed by atoms with Gasteiger partial charge in [-0.15, -0.1) is 0 Å². The number of aromatic nitrogens is 2. The number of hydrogen-bond donors (Lipinski definition) is 4. The highest BCUT2D eigenvalue weighted by molar-refractivity contribution is 6.03. The number of nitrogens with one attached hydrogen (secondary N) is 3. The minimum Gasteiger partial charge on any atom is -0.404 e. The third-order valence-electron chi connectivity index (χ3n) is 6.76. The number of H-pyrrole nitrogens is 1. The number of nitrogens with zero attached hydrogens (tertiary/aromatic N) is 1. The average Bonchev–Trinajstić information content (AvgIpc) is 3.36. The summed E-state index contributed by atoms with van der Waals surface area (Å²) in [5.41, 5.74) is 7.04. The van der Waals surface area contributed by atoms with E-state index in [1.807, 2.05) is 12.1 Å². The van der Waals surface area contributed by atoms with Gasteiger partial charge in [0.2, 0.25) is 0 Å². The van der Waals surface area contributed by atoms with E-state index in [9.17, 15) is 13.2 Å². The number of anilines is 1. The first-order valence-electron chi connectivity index (χ1n) is 9.20. The van der Waals surface area contributed by atoms with Gasteiger partial charge in [-0.05, 0) is 60.6 Å². The number of alkyl halides is 3. The van der Waals surface area contributed by atoms with Gasteiger partial charge in [-0.3, -0.25) is 10.5 Å². The summed E-state index contributed by atoms with van der Waals surface area (Å²) in [6, 6.07) is 3.19. The lowest BCUT2D eigenvalue weighted by Gasteiger charge is -2.44. The van der Waals surface area contributed by atoms with Gasteiger partial charge in [0.15, 0.2) is 0 Å². The minimum atomic E-state index is -4.71. The number of nitrogens with two attached hydrogens (primary N) is 1. The molecule has 5 atom stereocenters. The van der Waals surface area contributed by atoms with Crippen molar-refractivity contribution in [2.45, 2.75) is 37.4 Å². The Morgan fingerprint density at radius 1 is 1.26 bits per heavy atom. The fourth-order valence-electron chi connectivity index (χ4n) is 5.82. The van der Waals surface area contributed by atoms with Crippen molar-refractivity contribution in [1.29, 1.82) is 5.41 Å². The lowest BCUT2D eigenvalue weighted by molar-refractivity contribution is -0.0593. The Kier molecular flexibility index (Phi) is 3.39. The lowest BCUT2D eigenvalue weighted by atomic mass is 9.67. The van der Waals surface area contributed by atoms with Gasteiger partial charge < -0.3 is 11.1 Å². The topological polar surface area (TPSA) is 90.6 Å². The first-order valence-corrected chi connectivity index (χ1v) is 9.20. The van der Waals surface area contributed by atoms with E-state index in [4.69, 9.17) is 11.1 Å². The molecular formula is C19H20F3N5. The van der Waals surface area contributed by atoms with Crippen LogP contribution >= 0.6 is 0 Å². The Labute approximate surface area is 153 Å². The second kappa shape index (κ2) is 5.50. The van der Waals surface area contributed by atoms with E-state index in [-0.39, 0.29) is 17.4 Å². The molecule has 5 N–H and O–H groups in total. The monoisotopic (exact) mass is 375 g/mol. The van der Waals surface area contributed by atoms with E-state index < -0.39 is 17.9 Å². The zero-order valence-electron chi connectivity index (χ0n) is 14.5. The third kappa shape index (κ3) is 2.25. The van der Waals surface area contributed by atoms with Crippen LogP contribution in [0.4, 0.5) is 18.9 Å². The maximum Gasteiger partial charge on any atom is 0.433 e. The van der Waals surface area contributed by atoms with Crippen LogP contribution in [0.5, 0.6) is 0 Å². The van der Waals surface area contributed by atoms with Crippen molar-refractivity contribution < 1.29 is 13.2 Å². The summed E-state index contributed by atoms with van der Waals surface area (Å²) in [7, 11) is 0. The van der Waals surface area contributed by atoms with Crippen LogP contribution in [0.3, 0.4) is 0 Å². The van der Waals surface area contributed by atoms with Crippen LogP contribution in [0.15, 0.2) is 30.1 Å². The zero-order valence-corrected chi connectivity index (χ0v) is 14.5. The van der Waals surface area contributed by atoms with E-state index in [1.54, 1.807) is 6.20 Å². The Bertz CT molecular complexity index is 960. The molecule has 1 aliphatic heterocycles. The number of aromatic amines is 1. The molecule has 2 bridgehead atoms. The normalized spacial score (nSPS) is 32.3. The molecule has 3 aliphatic rings. The van der Waals surface area contributed by atoms with Gasteiger partial charge in [-0.25, -0.2) is 0 Å². The summed E-state index contributed by atoms with van der Waals surface area (Å²) in [4.78, 5) is 0. The SMILES string of the molecule is N=C(/C(=C\N)[C@@H]1Nc2ccc3[nH]ncc3c2[C@H]2C3CCC(C3)[C@@H]12)C(F)(F)F. The highest BCUT2D eigenvalue weighted by Crippen LogP contribution is 2.62. The van der Waals surface area contributed by atoms with Gasteiger partial charge in [-0.1, -0.05) is 0 Å². The summed E-state index contributed by atoms with van der Waals surface area (Å²) < 4.78 is 39.8. The largest absolute Gasteiger partial charge is 0.433 e. The molecular weight excluding hydrogens is 355 g/mol. The molecule has 1 aromatic heterocycles. The highest BCUT2D eigenvalue weighted by atomic mass is 19.4. The van der Waals surface area contributed by atoms with Crippen molar-refractivity contribution in [3.63, 3.8) is 0 Å². The standard InChI is InChI=1S/C19H20F3N5/c20-19(21,22)18(24)10(6-23)17-15-9-2-1-8(5-9)14(15)16-11-7-25-27-12(11)3-4-13(16)26-17/h3-4,6-9,14-15,17,24,26H,1-2,5,23H2,(H,25,27)/b10-6-,24-18?/t8?,9?,14-,15+,17-/m0/s1. The Morgan fingerprint density at radius 2 is 2.04 bits per heavy atom. The second-order valence-corrected chi connectivity index (χ2v) is 7.91. The first-order chi connectivity index (χ1) is 12.9. The molecule has 5 rings (SSSR count). The van der Waals surface area contributed by atoms with Crippen LogP contribution < -0.4 is 11.1 Å². The molecule has 2 heterocycles. The maximum absolute atomic E-state index is 13.3. The molecule has 0 spiro atoms. The van der Waals surface area contributed by atoms with Crippen LogP contribution in [-0.2, 0) is 0 Å². The summed E-state index contributed by atoms with van der Waals surface area (Å²) in [6.07, 6.45) is 1.21. The van der Waals surface area contributed by atoms with Gasteiger partial charge in [-0.2, -0.15) is 18.3 Å². The summed E-state index contributed by atoms with van der Waals surface area (Å²) in [5, 5.41) is 19.2. The molecule has 2 unspecified atom stereocenters. The number of halogens is 3. The molecule has 2 aliphatic carbocycles. The van der Waals surface area contributed by atoms with Crippen molar-refractivity contribution in [2.24, 2.45) is 23.5 Å². The van der Waals surface area contributed by atoms with Crippen molar-refractivity contribution >= 4 is 22.3 Å². The summed E-state index contributed by atoms with van der Waals surface area (Å²) >= 11 is 0. The molecule has 2 saturated carbocycles. The molecule has 27 heavy (non-hydrogen) atoms. The summed E-state index contributed by atoms with van der Waals surface area (Å²) in [6.45, 7) is 0. The van der Waals surface area contributed by atoms with Gasteiger partial charge >= 0.3 is 6.18 Å². The summed E-state index contributed by atoms with van der Waals surface area (Å²) in [5.74, 6) is 0.989. The van der Waals surface area contributed by atoms with Gasteiger partial charge in [0.05, 0.1) is 17.8 Å². The number of fused-ring (bicyclic) bond motifs is 9. The first kappa shape index (κ1) is 16.6. The number of hydrogen-bond acceptors (Lipinski definition) is 4. The second-order valence-electron chi connectivity index (χ2n) is 7.91. The molecule has 142 valence electrons. The van der Waals surface area contributed by atoms with E-state index in [1.165, 1.54) is 0 Å². The Balaban J connectivity index is 1.66.